The molecule has 1 unspecified atom stereocenters. The average Bonchev–Trinajstić information content (AvgIpc) is 3.92. The molecular formula is C59H49N5O+2. The number of hydrogen-bond donors (Lipinski definition) is 1. The Kier molecular flexibility index (Phi) is 8.47. The summed E-state index contributed by atoms with van der Waals surface area (Å²) in [5.74, 6) is 1.05. The highest BCUT2D eigenvalue weighted by Crippen LogP contribution is 2.43. The van der Waals surface area contributed by atoms with E-state index in [9.17, 15) is 5.26 Å². The fraction of sp³-hybridized carbons (Fsp3) is 0.153. The summed E-state index contributed by atoms with van der Waals surface area (Å²) in [6.45, 7) is 17.6. The molecule has 0 bridgehead atoms. The van der Waals surface area contributed by atoms with Crippen LogP contribution in [-0.2, 0) is 0 Å². The first-order valence-electron chi connectivity index (χ1n) is 22.6. The van der Waals surface area contributed by atoms with Gasteiger partial charge in [-0.15, -0.1) is 0 Å². The number of amidine groups is 1. The molecule has 1 aliphatic rings. The molecule has 6 nitrogen and oxygen atoms in total. The molecule has 8 aromatic carbocycles. The molecule has 12 rings (SSSR count). The lowest BCUT2D eigenvalue weighted by molar-refractivity contribution is -0.865. The van der Waals surface area contributed by atoms with Crippen LogP contribution in [0.1, 0.15) is 67.4 Å². The van der Waals surface area contributed by atoms with Crippen LogP contribution < -0.4 is 5.32 Å². The van der Waals surface area contributed by atoms with Crippen molar-refractivity contribution in [1.82, 2.24) is 9.13 Å². The molecule has 65 heavy (non-hydrogen) atoms. The lowest BCUT2D eigenvalue weighted by atomic mass is 9.97. The SMILES string of the molecule is Cc1cc(C)c2c(c1)c1cc(C)cc(C)c1n2-c1cc(-n2c3c(C)cc(C)cc3c3cc(C)cc(C)c32)c(C2=[N+](c3ccccc3)C(c3cccc4oc5ccccc5c34)[NH2+]2)cc1C#N. The first kappa shape index (κ1) is 38.9. The molecule has 11 aromatic rings. The number of nitrogens with two attached hydrogens (primary N) is 1. The molecule has 0 saturated carbocycles. The van der Waals surface area contributed by atoms with E-state index in [1.807, 2.05) is 6.07 Å². The van der Waals surface area contributed by atoms with E-state index in [4.69, 9.17) is 4.42 Å². The number of benzene rings is 8. The van der Waals surface area contributed by atoms with Gasteiger partial charge in [0.25, 0.3) is 0 Å². The Labute approximate surface area is 377 Å². The molecule has 1 atom stereocenters. The van der Waals surface area contributed by atoms with Crippen molar-refractivity contribution in [3.05, 3.63) is 195 Å². The Bertz CT molecular complexity index is 3830. The van der Waals surface area contributed by atoms with Crippen LogP contribution in [0.5, 0.6) is 0 Å². The molecule has 0 spiro atoms. The highest BCUT2D eigenvalue weighted by molar-refractivity contribution is 6.14. The van der Waals surface area contributed by atoms with Crippen molar-refractivity contribution in [2.24, 2.45) is 0 Å². The summed E-state index contributed by atoms with van der Waals surface area (Å²) in [5, 5.41) is 21.0. The van der Waals surface area contributed by atoms with Crippen LogP contribution in [0.2, 0.25) is 0 Å². The maximum Gasteiger partial charge on any atom is 0.386 e. The highest BCUT2D eigenvalue weighted by atomic mass is 16.3. The van der Waals surface area contributed by atoms with E-state index in [-0.39, 0.29) is 6.17 Å². The van der Waals surface area contributed by atoms with Crippen molar-refractivity contribution in [2.45, 2.75) is 61.6 Å². The number of fused-ring (bicyclic) bond motifs is 9. The second kappa shape index (κ2) is 14.1. The molecule has 0 amide bonds. The predicted octanol–water partition coefficient (Wildman–Crippen LogP) is 13.5. The van der Waals surface area contributed by atoms with Crippen LogP contribution in [0.15, 0.2) is 138 Å². The maximum atomic E-state index is 11.5. The van der Waals surface area contributed by atoms with Gasteiger partial charge >= 0.3 is 12.0 Å². The van der Waals surface area contributed by atoms with E-state index in [0.717, 1.165) is 61.4 Å². The molecular weight excluding hydrogens is 795 g/mol. The Balaban J connectivity index is 1.25. The molecule has 1 aliphatic heterocycles. The van der Waals surface area contributed by atoms with Crippen LogP contribution in [0.3, 0.4) is 0 Å². The van der Waals surface area contributed by atoms with Gasteiger partial charge in [-0.3, -0.25) is 0 Å². The highest BCUT2D eigenvalue weighted by Gasteiger charge is 2.49. The summed E-state index contributed by atoms with van der Waals surface area (Å²) in [5.41, 5.74) is 21.8. The molecule has 314 valence electrons. The van der Waals surface area contributed by atoms with Gasteiger partial charge in [0.2, 0.25) is 5.69 Å². The monoisotopic (exact) mass is 843 g/mol. The quantitative estimate of drug-likeness (QED) is 0.175. The summed E-state index contributed by atoms with van der Waals surface area (Å²) in [4.78, 5) is 0. The zero-order valence-electron chi connectivity index (χ0n) is 38.1. The van der Waals surface area contributed by atoms with Crippen molar-refractivity contribution in [2.75, 3.05) is 0 Å². The zero-order chi connectivity index (χ0) is 44.6. The van der Waals surface area contributed by atoms with Gasteiger partial charge in [0, 0.05) is 44.5 Å². The number of para-hydroxylation sites is 2. The van der Waals surface area contributed by atoms with E-state index >= 15 is 0 Å². The van der Waals surface area contributed by atoms with Gasteiger partial charge in [-0.2, -0.15) is 10.6 Å². The van der Waals surface area contributed by atoms with Gasteiger partial charge in [0.05, 0.1) is 44.6 Å². The molecule has 3 aromatic heterocycles. The first-order valence-corrected chi connectivity index (χ1v) is 22.6. The summed E-state index contributed by atoms with van der Waals surface area (Å²) in [7, 11) is 0. The van der Waals surface area contributed by atoms with E-state index in [1.165, 1.54) is 82.6 Å². The minimum Gasteiger partial charge on any atom is -0.456 e. The van der Waals surface area contributed by atoms with Gasteiger partial charge < -0.3 is 13.6 Å². The van der Waals surface area contributed by atoms with Gasteiger partial charge in [-0.05, 0) is 132 Å². The normalized spacial score (nSPS) is 14.2. The lowest BCUT2D eigenvalue weighted by Gasteiger charge is -2.26. The topological polar surface area (TPSA) is 66.4 Å². The summed E-state index contributed by atoms with van der Waals surface area (Å²) in [6, 6.07) is 51.2. The van der Waals surface area contributed by atoms with E-state index in [0.29, 0.717) is 5.56 Å². The second-order valence-electron chi connectivity index (χ2n) is 18.6. The Morgan fingerprint density at radius 3 is 1.54 bits per heavy atom. The number of hydrogen-bond acceptors (Lipinski definition) is 2. The number of quaternary nitrogens is 1. The average molecular weight is 844 g/mol. The van der Waals surface area contributed by atoms with Crippen LogP contribution in [0.4, 0.5) is 5.69 Å². The Morgan fingerprint density at radius 1 is 0.508 bits per heavy atom. The first-order chi connectivity index (χ1) is 31.5. The number of aromatic nitrogens is 2. The largest absolute Gasteiger partial charge is 0.456 e. The number of nitriles is 1. The van der Waals surface area contributed by atoms with E-state index in [2.05, 4.69) is 208 Å². The minimum atomic E-state index is -0.101. The molecule has 0 saturated heterocycles. The van der Waals surface area contributed by atoms with Crippen molar-refractivity contribution >= 4 is 77.1 Å². The predicted molar refractivity (Wildman–Crippen MR) is 267 cm³/mol. The molecule has 6 heteroatoms. The fourth-order valence-electron chi connectivity index (χ4n) is 11.6. The number of aryl methyl sites for hydroxylation is 8. The van der Waals surface area contributed by atoms with Crippen LogP contribution in [0, 0.1) is 66.7 Å². The molecule has 0 fully saturated rings. The minimum absolute atomic E-state index is 0.101. The summed E-state index contributed by atoms with van der Waals surface area (Å²) >= 11 is 0. The number of nitrogens with zero attached hydrogens (tertiary/aromatic N) is 4. The molecule has 0 radical (unpaired) electrons. The van der Waals surface area contributed by atoms with Crippen molar-refractivity contribution in [1.29, 1.82) is 5.26 Å². The molecule has 0 aliphatic carbocycles. The van der Waals surface area contributed by atoms with Crippen LogP contribution >= 0.6 is 0 Å². The lowest BCUT2D eigenvalue weighted by Crippen LogP contribution is -3.00. The summed E-state index contributed by atoms with van der Waals surface area (Å²) in [6.07, 6.45) is -0.101. The Hall–Kier alpha value is -7.72. The number of furan rings is 1. The third-order valence-corrected chi connectivity index (χ3v) is 13.9. The summed E-state index contributed by atoms with van der Waals surface area (Å²) < 4.78 is 13.8. The van der Waals surface area contributed by atoms with Gasteiger partial charge in [0.15, 0.2) is 0 Å². The third kappa shape index (κ3) is 5.65. The molecule has 2 N–H and O–H groups in total. The standard InChI is InChI=1S/C59H47N5O/c1-32-21-36(5)54-44(25-32)45-26-33(2)22-37(6)55(45)63(54)49-30-50(64-56-38(7)23-34(3)27-46(56)47-28-35(4)24-39(8)57(47)64)48(29-40(49)31-60)59-61-58(62(59)41-15-10-9-11-16-41)43-18-14-20-52-53(43)42-17-12-13-19-51(42)65-52/h9-30,58H,1-8H3/p+2. The van der Waals surface area contributed by atoms with Crippen molar-refractivity contribution in [3.8, 4) is 17.4 Å². The van der Waals surface area contributed by atoms with Crippen LogP contribution in [-0.4, -0.2) is 19.5 Å². The van der Waals surface area contributed by atoms with Crippen molar-refractivity contribution in [3.63, 3.8) is 0 Å². The number of rotatable bonds is 5. The maximum absolute atomic E-state index is 11.5. The van der Waals surface area contributed by atoms with Gasteiger partial charge in [-0.25, -0.2) is 0 Å². The zero-order valence-corrected chi connectivity index (χ0v) is 38.1. The fourth-order valence-corrected chi connectivity index (χ4v) is 11.6. The van der Waals surface area contributed by atoms with E-state index in [1.54, 1.807) is 0 Å². The smallest absolute Gasteiger partial charge is 0.386 e. The third-order valence-electron chi connectivity index (χ3n) is 13.9. The Morgan fingerprint density at radius 2 is 1.00 bits per heavy atom. The van der Waals surface area contributed by atoms with Crippen LogP contribution in [0.25, 0.3) is 76.9 Å². The molecule has 4 heterocycles. The van der Waals surface area contributed by atoms with E-state index < -0.39 is 0 Å². The van der Waals surface area contributed by atoms with Gasteiger partial charge in [-0.1, -0.05) is 93.6 Å². The van der Waals surface area contributed by atoms with Gasteiger partial charge in [0.1, 0.15) is 22.8 Å². The van der Waals surface area contributed by atoms with Crippen molar-refractivity contribution < 1.29 is 14.3 Å². The second-order valence-corrected chi connectivity index (χ2v) is 18.6.